The summed E-state index contributed by atoms with van der Waals surface area (Å²) in [7, 11) is 0. The summed E-state index contributed by atoms with van der Waals surface area (Å²) >= 11 is 6.04. The number of rotatable bonds is 4. The molecule has 0 fully saturated rings. The van der Waals surface area contributed by atoms with Crippen LogP contribution in [0.5, 0.6) is 0 Å². The van der Waals surface area contributed by atoms with Crippen LogP contribution in [0.1, 0.15) is 34.6 Å². The van der Waals surface area contributed by atoms with Gasteiger partial charge in [-0.1, -0.05) is 29.8 Å². The van der Waals surface area contributed by atoms with Gasteiger partial charge in [-0.05, 0) is 31.6 Å². The molecule has 0 N–H and O–H groups in total. The van der Waals surface area contributed by atoms with Crippen LogP contribution in [0.25, 0.3) is 12.2 Å². The highest BCUT2D eigenvalue weighted by Crippen LogP contribution is 2.19. The van der Waals surface area contributed by atoms with E-state index >= 15 is 0 Å². The largest absolute Gasteiger partial charge is 0.461 e. The number of ether oxygens (including phenoxy) is 1. The lowest BCUT2D eigenvalue weighted by atomic mass is 10.2. The normalized spacial score (nSPS) is 10.9. The van der Waals surface area contributed by atoms with Gasteiger partial charge in [-0.3, -0.25) is 0 Å². The number of halogens is 1. The summed E-state index contributed by atoms with van der Waals surface area (Å²) in [6, 6.07) is 7.41. The second-order valence-electron chi connectivity index (χ2n) is 4.03. The monoisotopic (exact) mass is 291 g/mol. The molecule has 0 aliphatic carbocycles. The average molecular weight is 292 g/mol. The van der Waals surface area contributed by atoms with Crippen molar-refractivity contribution in [2.75, 3.05) is 6.61 Å². The number of hydrogen-bond acceptors (Lipinski definition) is 4. The van der Waals surface area contributed by atoms with Gasteiger partial charge in [-0.15, -0.1) is 0 Å². The average Bonchev–Trinajstić information content (AvgIpc) is 2.79. The van der Waals surface area contributed by atoms with Crippen LogP contribution < -0.4 is 0 Å². The Bertz CT molecular complexity index is 646. The van der Waals surface area contributed by atoms with Crippen LogP contribution >= 0.6 is 11.6 Å². The lowest BCUT2D eigenvalue weighted by Gasteiger charge is -1.96. The predicted molar refractivity (Wildman–Crippen MR) is 77.6 cm³/mol. The Morgan fingerprint density at radius 1 is 1.40 bits per heavy atom. The number of oxazole rings is 1. The molecule has 1 aromatic heterocycles. The first-order chi connectivity index (χ1) is 9.61. The Balaban J connectivity index is 2.21. The molecule has 104 valence electrons. The van der Waals surface area contributed by atoms with Crippen LogP contribution in [0.3, 0.4) is 0 Å². The van der Waals surface area contributed by atoms with Crippen LogP contribution in [-0.2, 0) is 4.74 Å². The van der Waals surface area contributed by atoms with Crippen molar-refractivity contribution in [2.24, 2.45) is 0 Å². The molecule has 2 aromatic rings. The summed E-state index contributed by atoms with van der Waals surface area (Å²) in [5.41, 5.74) is 1.05. The minimum Gasteiger partial charge on any atom is -0.461 e. The SMILES string of the molecule is CCOC(=O)c1nc(/C=C/c2ccccc2Cl)oc1C. The summed E-state index contributed by atoms with van der Waals surface area (Å²) < 4.78 is 10.3. The maximum Gasteiger partial charge on any atom is 0.360 e. The molecule has 0 unspecified atom stereocenters. The second kappa shape index (κ2) is 6.39. The molecular formula is C15H14ClNO3. The van der Waals surface area contributed by atoms with Crippen LogP contribution in [0.4, 0.5) is 0 Å². The molecule has 0 spiro atoms. The van der Waals surface area contributed by atoms with Gasteiger partial charge in [-0.25, -0.2) is 9.78 Å². The standard InChI is InChI=1S/C15H14ClNO3/c1-3-19-15(18)14-10(2)20-13(17-14)9-8-11-6-4-5-7-12(11)16/h4-9H,3H2,1-2H3/b9-8+. The van der Waals surface area contributed by atoms with E-state index in [1.807, 2.05) is 18.2 Å². The quantitative estimate of drug-likeness (QED) is 0.799. The van der Waals surface area contributed by atoms with Crippen molar-refractivity contribution in [3.05, 3.63) is 52.2 Å². The number of aromatic nitrogens is 1. The van der Waals surface area contributed by atoms with Gasteiger partial charge >= 0.3 is 5.97 Å². The predicted octanol–water partition coefficient (Wildman–Crippen LogP) is 3.98. The number of hydrogen-bond donors (Lipinski definition) is 0. The highest BCUT2D eigenvalue weighted by Gasteiger charge is 2.16. The highest BCUT2D eigenvalue weighted by molar-refractivity contribution is 6.32. The summed E-state index contributed by atoms with van der Waals surface area (Å²) in [6.45, 7) is 3.72. The molecule has 0 saturated carbocycles. The topological polar surface area (TPSA) is 52.3 Å². The number of aryl methyl sites for hydroxylation is 1. The molecule has 1 heterocycles. The number of carbonyl (C=O) groups is 1. The molecule has 0 amide bonds. The van der Waals surface area contributed by atoms with E-state index in [1.165, 1.54) is 0 Å². The smallest absolute Gasteiger partial charge is 0.360 e. The minimum atomic E-state index is -0.480. The second-order valence-corrected chi connectivity index (χ2v) is 4.44. The van der Waals surface area contributed by atoms with E-state index in [-0.39, 0.29) is 5.69 Å². The third-order valence-electron chi connectivity index (χ3n) is 2.59. The fraction of sp³-hybridized carbons (Fsp3) is 0.200. The van der Waals surface area contributed by atoms with E-state index < -0.39 is 5.97 Å². The number of benzene rings is 1. The molecular weight excluding hydrogens is 278 g/mol. The summed E-state index contributed by atoms with van der Waals surface area (Å²) in [5, 5.41) is 0.637. The van der Waals surface area contributed by atoms with Gasteiger partial charge in [0.1, 0.15) is 5.76 Å². The van der Waals surface area contributed by atoms with Gasteiger partial charge in [0.2, 0.25) is 5.89 Å². The van der Waals surface area contributed by atoms with Crippen molar-refractivity contribution < 1.29 is 13.9 Å². The van der Waals surface area contributed by atoms with Crippen molar-refractivity contribution in [1.82, 2.24) is 4.98 Å². The van der Waals surface area contributed by atoms with Gasteiger partial charge in [-0.2, -0.15) is 0 Å². The van der Waals surface area contributed by atoms with E-state index in [9.17, 15) is 4.79 Å². The first-order valence-electron chi connectivity index (χ1n) is 6.19. The Kier molecular flexibility index (Phi) is 4.58. The van der Waals surface area contributed by atoms with Crippen LogP contribution in [0.2, 0.25) is 5.02 Å². The zero-order valence-electron chi connectivity index (χ0n) is 11.2. The summed E-state index contributed by atoms with van der Waals surface area (Å²) in [5.74, 6) is 0.291. The lowest BCUT2D eigenvalue weighted by Crippen LogP contribution is -2.06. The molecule has 20 heavy (non-hydrogen) atoms. The van der Waals surface area contributed by atoms with Crippen molar-refractivity contribution in [1.29, 1.82) is 0 Å². The number of esters is 1. The van der Waals surface area contributed by atoms with Crippen molar-refractivity contribution in [2.45, 2.75) is 13.8 Å². The minimum absolute atomic E-state index is 0.200. The third kappa shape index (κ3) is 3.27. The molecule has 4 nitrogen and oxygen atoms in total. The Morgan fingerprint density at radius 3 is 2.85 bits per heavy atom. The number of carbonyl (C=O) groups excluding carboxylic acids is 1. The molecule has 2 rings (SSSR count). The van der Waals surface area contributed by atoms with Crippen molar-refractivity contribution in [3.8, 4) is 0 Å². The first kappa shape index (κ1) is 14.3. The third-order valence-corrected chi connectivity index (χ3v) is 2.94. The molecule has 5 heteroatoms. The molecule has 0 atom stereocenters. The first-order valence-corrected chi connectivity index (χ1v) is 6.56. The van der Waals surface area contributed by atoms with E-state index in [0.29, 0.717) is 23.3 Å². The molecule has 0 aliphatic heterocycles. The van der Waals surface area contributed by atoms with Gasteiger partial charge in [0.15, 0.2) is 5.69 Å². The molecule has 0 radical (unpaired) electrons. The van der Waals surface area contributed by atoms with Crippen molar-refractivity contribution >= 4 is 29.7 Å². The van der Waals surface area contributed by atoms with Gasteiger partial charge < -0.3 is 9.15 Å². The highest BCUT2D eigenvalue weighted by atomic mass is 35.5. The Labute approximate surface area is 122 Å². The molecule has 0 aliphatic rings. The van der Waals surface area contributed by atoms with Gasteiger partial charge in [0, 0.05) is 11.1 Å². The lowest BCUT2D eigenvalue weighted by molar-refractivity contribution is 0.0518. The van der Waals surface area contributed by atoms with Crippen LogP contribution in [-0.4, -0.2) is 17.6 Å². The summed E-state index contributed by atoms with van der Waals surface area (Å²) in [4.78, 5) is 15.7. The zero-order valence-corrected chi connectivity index (χ0v) is 12.0. The van der Waals surface area contributed by atoms with E-state index in [4.69, 9.17) is 20.8 Å². The maximum absolute atomic E-state index is 11.6. The van der Waals surface area contributed by atoms with Crippen LogP contribution in [0, 0.1) is 6.92 Å². The van der Waals surface area contributed by atoms with Crippen molar-refractivity contribution in [3.63, 3.8) is 0 Å². The fourth-order valence-electron chi connectivity index (χ4n) is 1.65. The van der Waals surface area contributed by atoms with E-state index in [0.717, 1.165) is 5.56 Å². The molecule has 0 saturated heterocycles. The van der Waals surface area contributed by atoms with E-state index in [2.05, 4.69) is 4.98 Å². The molecule has 0 bridgehead atoms. The summed E-state index contributed by atoms with van der Waals surface area (Å²) in [6.07, 6.45) is 3.44. The molecule has 1 aromatic carbocycles. The van der Waals surface area contributed by atoms with Gasteiger partial charge in [0.25, 0.3) is 0 Å². The van der Waals surface area contributed by atoms with Gasteiger partial charge in [0.05, 0.1) is 6.61 Å². The fourth-order valence-corrected chi connectivity index (χ4v) is 1.85. The van der Waals surface area contributed by atoms with E-state index in [1.54, 1.807) is 32.1 Å². The Hall–Kier alpha value is -2.07. The van der Waals surface area contributed by atoms with Crippen LogP contribution in [0.15, 0.2) is 28.7 Å². The number of nitrogens with zero attached hydrogens (tertiary/aromatic N) is 1. The zero-order chi connectivity index (χ0) is 14.5. The Morgan fingerprint density at radius 2 is 2.15 bits per heavy atom. The maximum atomic E-state index is 11.6.